The summed E-state index contributed by atoms with van der Waals surface area (Å²) in [6, 6.07) is 0. The summed E-state index contributed by atoms with van der Waals surface area (Å²) >= 11 is 0. The first-order chi connectivity index (χ1) is 8.83. The van der Waals surface area contributed by atoms with Crippen LogP contribution in [-0.2, 0) is 14.3 Å². The molecule has 0 radical (unpaired) electrons. The average Bonchev–Trinajstić information content (AvgIpc) is 2.38. The molecule has 0 aromatic carbocycles. The molecule has 19 heavy (non-hydrogen) atoms. The minimum absolute atomic E-state index is 0.343. The molecule has 0 aromatic heterocycles. The van der Waals surface area contributed by atoms with Gasteiger partial charge in [0.25, 0.3) is 0 Å². The second-order valence-corrected chi connectivity index (χ2v) is 4.72. The summed E-state index contributed by atoms with van der Waals surface area (Å²) in [5.74, 6) is 0.342. The first-order valence-corrected chi connectivity index (χ1v) is 6.69. The molecule has 0 aliphatic heterocycles. The average molecular weight is 266 g/mol. The van der Waals surface area contributed by atoms with Crippen molar-refractivity contribution in [1.29, 1.82) is 0 Å². The summed E-state index contributed by atoms with van der Waals surface area (Å²) < 4.78 is 11.0. The van der Waals surface area contributed by atoms with Crippen LogP contribution in [0.2, 0.25) is 0 Å². The zero-order valence-corrected chi connectivity index (χ0v) is 13.0. The van der Waals surface area contributed by atoms with Gasteiger partial charge in [-0.1, -0.05) is 25.7 Å². The number of ether oxygens (including phenoxy) is 2. The molecule has 0 heterocycles. The number of hydrogen-bond acceptors (Lipinski definition) is 3. The lowest BCUT2D eigenvalue weighted by atomic mass is 10.0. The molecule has 0 N–H and O–H groups in total. The fourth-order valence-electron chi connectivity index (χ4n) is 1.59. The van der Waals surface area contributed by atoms with Crippen LogP contribution >= 0.6 is 0 Å². The number of allylic oxidation sites excluding steroid dienone is 4. The van der Waals surface area contributed by atoms with Crippen LogP contribution < -0.4 is 0 Å². The number of rotatable bonds is 7. The molecule has 0 rings (SSSR count). The van der Waals surface area contributed by atoms with Crippen LogP contribution in [0.1, 0.15) is 48.0 Å². The third-order valence-corrected chi connectivity index (χ3v) is 2.81. The van der Waals surface area contributed by atoms with Gasteiger partial charge in [0.2, 0.25) is 0 Å². The molecule has 0 bridgehead atoms. The highest BCUT2D eigenvalue weighted by Crippen LogP contribution is 2.26. The van der Waals surface area contributed by atoms with E-state index in [2.05, 4.69) is 6.58 Å². The maximum Gasteiger partial charge on any atom is 0.349 e. The van der Waals surface area contributed by atoms with Gasteiger partial charge >= 0.3 is 5.97 Å². The van der Waals surface area contributed by atoms with Gasteiger partial charge in [0.05, 0.1) is 6.61 Å². The maximum absolute atomic E-state index is 11.9. The summed E-state index contributed by atoms with van der Waals surface area (Å²) in [6.07, 6.45) is 4.55. The van der Waals surface area contributed by atoms with Crippen molar-refractivity contribution in [3.05, 3.63) is 35.6 Å². The van der Waals surface area contributed by atoms with Crippen molar-refractivity contribution in [2.45, 2.75) is 53.6 Å². The molecule has 0 aliphatic carbocycles. The van der Waals surface area contributed by atoms with Gasteiger partial charge in [-0.2, -0.15) is 0 Å². The van der Waals surface area contributed by atoms with Crippen molar-refractivity contribution < 1.29 is 14.3 Å². The van der Waals surface area contributed by atoms with E-state index in [9.17, 15) is 4.79 Å². The van der Waals surface area contributed by atoms with Crippen LogP contribution in [-0.4, -0.2) is 18.2 Å². The van der Waals surface area contributed by atoms with Gasteiger partial charge < -0.3 is 9.47 Å². The fraction of sp³-hybridized carbons (Fsp3) is 0.562. The molecule has 0 spiro atoms. The Bertz CT molecular complexity index is 387. The third-order valence-electron chi connectivity index (χ3n) is 2.81. The molecule has 0 fully saturated rings. The lowest BCUT2D eigenvalue weighted by molar-refractivity contribution is -0.163. The van der Waals surface area contributed by atoms with Crippen molar-refractivity contribution in [3.8, 4) is 0 Å². The Kier molecular flexibility index (Phi) is 7.20. The highest BCUT2D eigenvalue weighted by atomic mass is 16.6. The Balaban J connectivity index is 5.37. The van der Waals surface area contributed by atoms with Crippen molar-refractivity contribution in [2.75, 3.05) is 6.61 Å². The third kappa shape index (κ3) is 4.93. The van der Waals surface area contributed by atoms with Crippen LogP contribution in [0.25, 0.3) is 0 Å². The molecule has 0 unspecified atom stereocenters. The molecular formula is C16H26O3. The van der Waals surface area contributed by atoms with Crippen molar-refractivity contribution in [1.82, 2.24) is 0 Å². The van der Waals surface area contributed by atoms with Gasteiger partial charge in [0, 0.05) is 0 Å². The van der Waals surface area contributed by atoms with E-state index < -0.39 is 5.60 Å². The Morgan fingerprint density at radius 1 is 1.32 bits per heavy atom. The van der Waals surface area contributed by atoms with Crippen molar-refractivity contribution in [2.24, 2.45) is 0 Å². The molecular weight excluding hydrogens is 240 g/mol. The van der Waals surface area contributed by atoms with E-state index >= 15 is 0 Å². The standard InChI is InChI=1S/C16H26O3/c1-8-12(5)14(13(9-2)10-3)19-16(6,7)15(17)18-11-4/h8-9H,1,10-11H2,2-7H3/b13-9-,14-12+. The first-order valence-electron chi connectivity index (χ1n) is 6.69. The predicted molar refractivity (Wildman–Crippen MR) is 78.7 cm³/mol. The smallest absolute Gasteiger partial charge is 0.349 e. The number of esters is 1. The molecule has 0 aliphatic rings. The van der Waals surface area contributed by atoms with Gasteiger partial charge in [-0.25, -0.2) is 4.79 Å². The predicted octanol–water partition coefficient (Wildman–Crippen LogP) is 4.16. The Hall–Kier alpha value is -1.51. The summed E-state index contributed by atoms with van der Waals surface area (Å²) in [5.41, 5.74) is 0.945. The van der Waals surface area contributed by atoms with E-state index in [1.165, 1.54) is 0 Å². The maximum atomic E-state index is 11.9. The molecule has 0 aromatic rings. The normalized spacial score (nSPS) is 13.7. The second kappa shape index (κ2) is 7.82. The van der Waals surface area contributed by atoms with Crippen LogP contribution in [0.5, 0.6) is 0 Å². The van der Waals surface area contributed by atoms with Gasteiger partial charge in [-0.3, -0.25) is 0 Å². The number of carbonyl (C=O) groups excluding carboxylic acids is 1. The van der Waals surface area contributed by atoms with Crippen LogP contribution in [0.3, 0.4) is 0 Å². The zero-order chi connectivity index (χ0) is 15.1. The van der Waals surface area contributed by atoms with Crippen LogP contribution in [0.15, 0.2) is 35.6 Å². The van der Waals surface area contributed by atoms with Crippen LogP contribution in [0.4, 0.5) is 0 Å². The van der Waals surface area contributed by atoms with E-state index in [-0.39, 0.29) is 5.97 Å². The van der Waals surface area contributed by atoms with E-state index in [4.69, 9.17) is 9.47 Å². The minimum Gasteiger partial charge on any atom is -0.476 e. The highest BCUT2D eigenvalue weighted by Gasteiger charge is 2.33. The number of hydrogen-bond donors (Lipinski definition) is 0. The molecule has 108 valence electrons. The SMILES string of the molecule is C=C/C(C)=C(OC(C)(C)C(=O)OCC)\C(=C/C)CC. The minimum atomic E-state index is -1.01. The molecule has 3 heteroatoms. The molecule has 0 amide bonds. The van der Waals surface area contributed by atoms with Gasteiger partial charge in [-0.05, 0) is 52.2 Å². The van der Waals surface area contributed by atoms with E-state index in [1.54, 1.807) is 26.8 Å². The summed E-state index contributed by atoms with van der Waals surface area (Å²) in [6.45, 7) is 15.2. The lowest BCUT2D eigenvalue weighted by Gasteiger charge is -2.27. The molecule has 3 nitrogen and oxygen atoms in total. The van der Waals surface area contributed by atoms with E-state index in [0.717, 1.165) is 17.6 Å². The van der Waals surface area contributed by atoms with Gasteiger partial charge in [-0.15, -0.1) is 0 Å². The van der Waals surface area contributed by atoms with Crippen molar-refractivity contribution >= 4 is 5.97 Å². The zero-order valence-electron chi connectivity index (χ0n) is 13.0. The lowest BCUT2D eigenvalue weighted by Crippen LogP contribution is -2.37. The fourth-order valence-corrected chi connectivity index (χ4v) is 1.59. The topological polar surface area (TPSA) is 35.5 Å². The highest BCUT2D eigenvalue weighted by molar-refractivity contribution is 5.78. The van der Waals surface area contributed by atoms with Gasteiger partial charge in [0.15, 0.2) is 5.60 Å². The van der Waals surface area contributed by atoms with E-state index in [0.29, 0.717) is 12.4 Å². The molecule has 0 atom stereocenters. The molecule has 0 saturated carbocycles. The van der Waals surface area contributed by atoms with Gasteiger partial charge in [0.1, 0.15) is 5.76 Å². The Labute approximate surface area is 117 Å². The monoisotopic (exact) mass is 266 g/mol. The van der Waals surface area contributed by atoms with Crippen LogP contribution in [0, 0.1) is 0 Å². The quantitative estimate of drug-likeness (QED) is 0.394. The number of carbonyl (C=O) groups is 1. The largest absolute Gasteiger partial charge is 0.476 e. The first kappa shape index (κ1) is 17.5. The van der Waals surface area contributed by atoms with E-state index in [1.807, 2.05) is 26.8 Å². The Morgan fingerprint density at radius 2 is 1.89 bits per heavy atom. The summed E-state index contributed by atoms with van der Waals surface area (Å²) in [5, 5.41) is 0. The van der Waals surface area contributed by atoms with Crippen molar-refractivity contribution in [3.63, 3.8) is 0 Å². The summed E-state index contributed by atoms with van der Waals surface area (Å²) in [7, 11) is 0. The second-order valence-electron chi connectivity index (χ2n) is 4.72. The molecule has 0 saturated heterocycles. The summed E-state index contributed by atoms with van der Waals surface area (Å²) in [4.78, 5) is 11.9. The Morgan fingerprint density at radius 3 is 2.26 bits per heavy atom.